The molecule has 0 saturated carbocycles. The average molecular weight is 378 g/mol. The quantitative estimate of drug-likeness (QED) is 0.486. The van der Waals surface area contributed by atoms with Crippen molar-refractivity contribution >= 4 is 40.9 Å². The number of hydrogen-bond acceptors (Lipinski definition) is 6. The van der Waals surface area contributed by atoms with E-state index in [0.29, 0.717) is 27.5 Å². The van der Waals surface area contributed by atoms with E-state index in [-0.39, 0.29) is 11.5 Å². The average Bonchev–Trinajstić information content (AvgIpc) is 2.58. The minimum Gasteiger partial charge on any atom is -0.500 e. The highest BCUT2D eigenvalue weighted by atomic mass is 35.5. The van der Waals surface area contributed by atoms with Crippen molar-refractivity contribution < 1.29 is 19.6 Å². The Kier molecular flexibility index (Phi) is 4.69. The molecule has 2 aromatic carbocycles. The van der Waals surface area contributed by atoms with Crippen LogP contribution < -0.4 is 4.74 Å². The number of benzene rings is 2. The number of halogens is 1. The Morgan fingerprint density at radius 1 is 1.36 bits per heavy atom. The van der Waals surface area contributed by atoms with Crippen molar-refractivity contribution in [2.45, 2.75) is 4.90 Å². The van der Waals surface area contributed by atoms with Gasteiger partial charge in [0.1, 0.15) is 0 Å². The fourth-order valence-electron chi connectivity index (χ4n) is 2.50. The summed E-state index contributed by atoms with van der Waals surface area (Å²) in [6, 6.07) is 7.78. The molecule has 0 bridgehead atoms. The molecule has 128 valence electrons. The Morgan fingerprint density at radius 2 is 2.12 bits per heavy atom. The van der Waals surface area contributed by atoms with Crippen molar-refractivity contribution in [2.75, 3.05) is 12.9 Å². The van der Waals surface area contributed by atoms with Gasteiger partial charge in [0.2, 0.25) is 5.75 Å². The number of nitro groups is 1. The van der Waals surface area contributed by atoms with Crippen molar-refractivity contribution in [1.82, 2.24) is 0 Å². The molecular formula is C17H12ClNO5S. The maximum Gasteiger partial charge on any atom is 0.315 e. The molecule has 0 amide bonds. The number of Topliss-reactive ketones (excluding diaryl/α,β-unsaturated/α-hetero) is 1. The third kappa shape index (κ3) is 3.33. The molecule has 0 atom stereocenters. The molecule has 1 aliphatic heterocycles. The van der Waals surface area contributed by atoms with E-state index in [1.54, 1.807) is 24.3 Å². The third-order valence-electron chi connectivity index (χ3n) is 3.70. The highest BCUT2D eigenvalue weighted by molar-refractivity contribution is 7.99. The van der Waals surface area contributed by atoms with Gasteiger partial charge in [-0.25, -0.2) is 0 Å². The van der Waals surface area contributed by atoms with Crippen LogP contribution in [0.3, 0.4) is 0 Å². The number of carbonyl (C=O) groups excluding carboxylic acids is 1. The second kappa shape index (κ2) is 6.78. The maximum absolute atomic E-state index is 12.7. The van der Waals surface area contributed by atoms with Crippen molar-refractivity contribution in [3.63, 3.8) is 0 Å². The summed E-state index contributed by atoms with van der Waals surface area (Å²) in [5.74, 6) is -0.313. The number of fused-ring (bicyclic) bond motifs is 1. The number of rotatable bonds is 3. The number of phenols is 1. The van der Waals surface area contributed by atoms with Crippen LogP contribution in [0.15, 0.2) is 40.8 Å². The zero-order valence-corrected chi connectivity index (χ0v) is 14.6. The molecule has 1 heterocycles. The summed E-state index contributed by atoms with van der Waals surface area (Å²) in [6.45, 7) is 0. The van der Waals surface area contributed by atoms with E-state index in [1.807, 2.05) is 0 Å². The van der Waals surface area contributed by atoms with Gasteiger partial charge in [-0.2, -0.15) is 0 Å². The number of nitrogens with zero attached hydrogens (tertiary/aromatic N) is 1. The Balaban J connectivity index is 2.05. The molecule has 1 N–H and O–H groups in total. The first-order chi connectivity index (χ1) is 11.9. The van der Waals surface area contributed by atoms with E-state index < -0.39 is 16.4 Å². The first-order valence-electron chi connectivity index (χ1n) is 7.13. The maximum atomic E-state index is 12.7. The predicted octanol–water partition coefficient (Wildman–Crippen LogP) is 4.33. The molecule has 0 aliphatic carbocycles. The molecule has 6 nitrogen and oxygen atoms in total. The summed E-state index contributed by atoms with van der Waals surface area (Å²) in [7, 11) is 1.30. The summed E-state index contributed by atoms with van der Waals surface area (Å²) in [5.41, 5.74) is 0.915. The largest absolute Gasteiger partial charge is 0.500 e. The van der Waals surface area contributed by atoms with Gasteiger partial charge in [-0.05, 0) is 35.9 Å². The fourth-order valence-corrected chi connectivity index (χ4v) is 3.67. The third-order valence-corrected chi connectivity index (χ3v) is 5.05. The van der Waals surface area contributed by atoms with Gasteiger partial charge in [-0.1, -0.05) is 11.6 Å². The van der Waals surface area contributed by atoms with Gasteiger partial charge in [-0.15, -0.1) is 11.8 Å². The van der Waals surface area contributed by atoms with Crippen molar-refractivity contribution in [1.29, 1.82) is 0 Å². The first kappa shape index (κ1) is 17.3. The molecule has 1 aliphatic rings. The number of aromatic hydroxyl groups is 1. The molecule has 0 aromatic heterocycles. The van der Waals surface area contributed by atoms with Crippen LogP contribution in [-0.2, 0) is 0 Å². The zero-order chi connectivity index (χ0) is 18.1. The van der Waals surface area contributed by atoms with Crippen LogP contribution in [0.2, 0.25) is 5.02 Å². The predicted molar refractivity (Wildman–Crippen MR) is 95.8 cm³/mol. The standard InChI is InChI=1S/C17H12ClNO5S/c1-24-14-6-9(5-13(17(14)21)19(22)23)4-10-8-25-15-3-2-11(18)7-12(15)16(10)20/h2-7,21H,8H2,1H3. The molecule has 2 aromatic rings. The van der Waals surface area contributed by atoms with Gasteiger partial charge in [0.05, 0.1) is 12.0 Å². The molecule has 0 unspecified atom stereocenters. The second-order valence-electron chi connectivity index (χ2n) is 5.28. The van der Waals surface area contributed by atoms with Gasteiger partial charge in [-0.3, -0.25) is 14.9 Å². The summed E-state index contributed by atoms with van der Waals surface area (Å²) in [6.07, 6.45) is 1.56. The number of thioether (sulfide) groups is 1. The summed E-state index contributed by atoms with van der Waals surface area (Å²) in [5, 5.41) is 21.4. The van der Waals surface area contributed by atoms with Gasteiger partial charge in [0, 0.05) is 32.9 Å². The van der Waals surface area contributed by atoms with Crippen LogP contribution >= 0.6 is 23.4 Å². The van der Waals surface area contributed by atoms with Gasteiger partial charge in [0.15, 0.2) is 11.5 Å². The lowest BCUT2D eigenvalue weighted by Gasteiger charge is -2.17. The SMILES string of the molecule is COc1cc(C=C2CSc3ccc(Cl)cc3C2=O)cc([N+](=O)[O-])c1O. The second-order valence-corrected chi connectivity index (χ2v) is 6.73. The van der Waals surface area contributed by atoms with E-state index in [9.17, 15) is 20.0 Å². The number of phenolic OH excluding ortho intramolecular Hbond substituents is 1. The number of ketones is 1. The first-order valence-corrected chi connectivity index (χ1v) is 8.50. The molecule has 0 saturated heterocycles. The molecule has 8 heteroatoms. The Hall–Kier alpha value is -2.51. The highest BCUT2D eigenvalue weighted by Crippen LogP contribution is 2.39. The van der Waals surface area contributed by atoms with Crippen LogP contribution in [0.25, 0.3) is 6.08 Å². The Morgan fingerprint density at radius 3 is 2.80 bits per heavy atom. The number of methoxy groups -OCH3 is 1. The van der Waals surface area contributed by atoms with E-state index in [4.69, 9.17) is 16.3 Å². The van der Waals surface area contributed by atoms with Gasteiger partial charge < -0.3 is 9.84 Å². The molecule has 3 rings (SSSR count). The fraction of sp³-hybridized carbons (Fsp3) is 0.118. The Bertz CT molecular complexity index is 925. The van der Waals surface area contributed by atoms with Crippen molar-refractivity contribution in [3.8, 4) is 11.5 Å². The molecule has 0 spiro atoms. The number of hydrogen-bond donors (Lipinski definition) is 1. The smallest absolute Gasteiger partial charge is 0.315 e. The van der Waals surface area contributed by atoms with Crippen LogP contribution in [0.4, 0.5) is 5.69 Å². The lowest BCUT2D eigenvalue weighted by atomic mass is 10.0. The van der Waals surface area contributed by atoms with Gasteiger partial charge in [0.25, 0.3) is 0 Å². The van der Waals surface area contributed by atoms with Crippen LogP contribution in [0.1, 0.15) is 15.9 Å². The van der Waals surface area contributed by atoms with Gasteiger partial charge >= 0.3 is 5.69 Å². The number of carbonyl (C=O) groups is 1. The molecule has 25 heavy (non-hydrogen) atoms. The van der Waals surface area contributed by atoms with E-state index >= 15 is 0 Å². The monoisotopic (exact) mass is 377 g/mol. The molecular weight excluding hydrogens is 366 g/mol. The normalized spacial score (nSPS) is 15.1. The van der Waals surface area contributed by atoms with E-state index in [1.165, 1.54) is 31.0 Å². The lowest BCUT2D eigenvalue weighted by Crippen LogP contribution is -2.12. The minimum absolute atomic E-state index is 0.0274. The van der Waals surface area contributed by atoms with Crippen molar-refractivity contribution in [2.24, 2.45) is 0 Å². The van der Waals surface area contributed by atoms with E-state index in [2.05, 4.69) is 0 Å². The van der Waals surface area contributed by atoms with Crippen LogP contribution in [0, 0.1) is 10.1 Å². The van der Waals surface area contributed by atoms with Crippen LogP contribution in [-0.4, -0.2) is 28.7 Å². The number of ether oxygens (including phenoxy) is 1. The summed E-state index contributed by atoms with van der Waals surface area (Å²) < 4.78 is 4.97. The van der Waals surface area contributed by atoms with E-state index in [0.717, 1.165) is 4.90 Å². The molecule has 0 fully saturated rings. The lowest BCUT2D eigenvalue weighted by molar-refractivity contribution is -0.386. The highest BCUT2D eigenvalue weighted by Gasteiger charge is 2.24. The van der Waals surface area contributed by atoms with Crippen molar-refractivity contribution in [3.05, 3.63) is 62.2 Å². The zero-order valence-electron chi connectivity index (χ0n) is 13.0. The summed E-state index contributed by atoms with van der Waals surface area (Å²) >= 11 is 7.45. The topological polar surface area (TPSA) is 89.7 Å². The summed E-state index contributed by atoms with van der Waals surface area (Å²) in [4.78, 5) is 23.9. The Labute approximate surface area is 152 Å². The molecule has 0 radical (unpaired) electrons. The van der Waals surface area contributed by atoms with Crippen LogP contribution in [0.5, 0.6) is 11.5 Å². The number of nitro benzene ring substituents is 1. The minimum atomic E-state index is -0.702.